The van der Waals surface area contributed by atoms with Gasteiger partial charge < -0.3 is 34.9 Å². The van der Waals surface area contributed by atoms with E-state index in [1.54, 1.807) is 0 Å². The van der Waals surface area contributed by atoms with Gasteiger partial charge >= 0.3 is 7.60 Å². The number of nitrogens with zero attached hydrogens (tertiary/aromatic N) is 4. The number of allylic oxidation sites excluding steroid dienone is 1. The molecule has 0 spiro atoms. The Morgan fingerprint density at radius 2 is 1.95 bits per heavy atom. The molecule has 5 rings (SSSR count). The van der Waals surface area contributed by atoms with Gasteiger partial charge in [0.05, 0.1) is 12.4 Å². The van der Waals surface area contributed by atoms with Crippen LogP contribution in [0.2, 0.25) is 5.28 Å². The molecule has 1 fully saturated rings. The van der Waals surface area contributed by atoms with Crippen LogP contribution in [-0.4, -0.2) is 74.8 Å². The highest BCUT2D eigenvalue weighted by molar-refractivity contribution is 7.72. The lowest BCUT2D eigenvalue weighted by atomic mass is 10.1. The van der Waals surface area contributed by atoms with Gasteiger partial charge in [0, 0.05) is 11.8 Å². The van der Waals surface area contributed by atoms with Gasteiger partial charge in [-0.05, 0) is 47.7 Å². The van der Waals surface area contributed by atoms with Crippen LogP contribution in [0.4, 0.5) is 11.5 Å². The van der Waals surface area contributed by atoms with Crippen LogP contribution in [0.1, 0.15) is 23.8 Å². The number of hydrogen-bond acceptors (Lipinski definition) is 9. The van der Waals surface area contributed by atoms with Crippen molar-refractivity contribution in [2.24, 2.45) is 0 Å². The van der Waals surface area contributed by atoms with Crippen LogP contribution in [0.25, 0.3) is 17.2 Å². The second-order valence-corrected chi connectivity index (χ2v) is 14.0. The highest BCUT2D eigenvalue weighted by Crippen LogP contribution is 2.55. The molecule has 1 aromatic carbocycles. The zero-order valence-corrected chi connectivity index (χ0v) is 21.7. The van der Waals surface area contributed by atoms with E-state index in [1.165, 1.54) is 16.5 Å². The predicted octanol–water partition coefficient (Wildman–Crippen LogP) is 2.21. The molecule has 16 heteroatoms. The maximum Gasteiger partial charge on any atom is 0.335 e. The number of aliphatic hydroxyl groups excluding tert-OH is 2. The molecule has 3 heterocycles. The fourth-order valence-electron chi connectivity index (χ4n) is 4.51. The molecule has 0 bridgehead atoms. The van der Waals surface area contributed by atoms with Crippen molar-refractivity contribution in [1.29, 1.82) is 0 Å². The first-order chi connectivity index (χ1) is 17.4. The minimum Gasteiger partial charge on any atom is -0.388 e. The van der Waals surface area contributed by atoms with Gasteiger partial charge in [0.15, 0.2) is 23.2 Å². The molecular weight excluding hydrogens is 548 g/mol. The van der Waals surface area contributed by atoms with Crippen LogP contribution in [-0.2, 0) is 20.3 Å². The van der Waals surface area contributed by atoms with Crippen LogP contribution >= 0.6 is 26.6 Å². The van der Waals surface area contributed by atoms with E-state index in [0.717, 1.165) is 17.7 Å². The normalized spacial score (nSPS) is 24.9. The van der Waals surface area contributed by atoms with Crippen LogP contribution in [0.3, 0.4) is 0 Å². The fraction of sp³-hybridized carbons (Fsp3) is 0.381. The molecule has 2 unspecified atom stereocenters. The first-order valence-corrected chi connectivity index (χ1v) is 15.4. The quantitative estimate of drug-likeness (QED) is 0.170. The average Bonchev–Trinajstić information content (AvgIpc) is 3.49. The Bertz CT molecular complexity index is 1480. The third kappa shape index (κ3) is 5.65. The molecule has 1 saturated heterocycles. The molecular formula is C21H24ClN5O8P2. The largest absolute Gasteiger partial charge is 0.388 e. The number of aliphatic hydroxyl groups is 2. The molecule has 2 aromatic heterocycles. The molecule has 0 amide bonds. The van der Waals surface area contributed by atoms with Crippen molar-refractivity contribution < 1.29 is 38.8 Å². The molecule has 5 atom stereocenters. The van der Waals surface area contributed by atoms with E-state index in [0.29, 0.717) is 11.3 Å². The van der Waals surface area contributed by atoms with E-state index in [2.05, 4.69) is 26.3 Å². The molecule has 37 heavy (non-hydrogen) atoms. The van der Waals surface area contributed by atoms with Crippen molar-refractivity contribution in [2.45, 2.75) is 37.4 Å². The predicted molar refractivity (Wildman–Crippen MR) is 135 cm³/mol. The second-order valence-electron chi connectivity index (χ2n) is 9.02. The van der Waals surface area contributed by atoms with Crippen molar-refractivity contribution in [3.05, 3.63) is 47.0 Å². The third-order valence-corrected chi connectivity index (χ3v) is 10.6. The minimum atomic E-state index is -4.71. The smallest absolute Gasteiger partial charge is 0.335 e. The first-order valence-electron chi connectivity index (χ1n) is 11.2. The molecule has 2 aliphatic rings. The summed E-state index contributed by atoms with van der Waals surface area (Å²) >= 11 is 6.18. The number of benzene rings is 1. The summed E-state index contributed by atoms with van der Waals surface area (Å²) in [5.74, 6) is -0.856. The number of rotatable bonds is 8. The van der Waals surface area contributed by atoms with Gasteiger partial charge in [-0.25, -0.2) is 4.98 Å². The topological polar surface area (TPSA) is 200 Å². The van der Waals surface area contributed by atoms with Gasteiger partial charge in [0.25, 0.3) is 0 Å². The standard InChI is InChI=1S/C21H24ClN5O8P2/c22-21-25-18(24-13-5-4-11-2-1-3-12(11)8-13)15-19(26-21)27(9-23-15)20-17(29)16(28)14(35-20)6-7-36(30,31)10-37(32,33)34/h1,3-5,8-9,14,16-17,20,28-29H,2,6-7,10H2,(H,30,31)(H,24,25,26)(H2,32,33,34)/t14-,16+,17?,20-/m1/s1. The summed E-state index contributed by atoms with van der Waals surface area (Å²) in [6.07, 6.45) is 0.467. The fourth-order valence-corrected chi connectivity index (χ4v) is 8.20. The molecule has 0 radical (unpaired) electrons. The highest BCUT2D eigenvalue weighted by Gasteiger charge is 2.45. The number of halogens is 1. The second kappa shape index (κ2) is 9.85. The Kier molecular flexibility index (Phi) is 7.03. The van der Waals surface area contributed by atoms with Crippen molar-refractivity contribution >= 4 is 55.3 Å². The van der Waals surface area contributed by atoms with Crippen LogP contribution in [0.5, 0.6) is 0 Å². The van der Waals surface area contributed by atoms with Crippen molar-refractivity contribution in [1.82, 2.24) is 19.5 Å². The summed E-state index contributed by atoms with van der Waals surface area (Å²) < 4.78 is 30.4. The Morgan fingerprint density at radius 1 is 1.16 bits per heavy atom. The number of hydrogen-bond donors (Lipinski definition) is 6. The highest BCUT2D eigenvalue weighted by atomic mass is 35.5. The van der Waals surface area contributed by atoms with Gasteiger partial charge in [-0.15, -0.1) is 0 Å². The van der Waals surface area contributed by atoms with E-state index >= 15 is 0 Å². The van der Waals surface area contributed by atoms with Crippen molar-refractivity contribution in [2.75, 3.05) is 17.4 Å². The summed E-state index contributed by atoms with van der Waals surface area (Å²) in [6, 6.07) is 5.88. The van der Waals surface area contributed by atoms with Crippen LogP contribution < -0.4 is 5.32 Å². The first kappa shape index (κ1) is 26.4. The molecule has 3 aromatic rings. The number of fused-ring (bicyclic) bond motifs is 2. The number of anilines is 2. The number of imidazole rings is 1. The zero-order valence-electron chi connectivity index (χ0n) is 19.1. The van der Waals surface area contributed by atoms with E-state index in [-0.39, 0.29) is 17.4 Å². The van der Waals surface area contributed by atoms with Crippen molar-refractivity contribution in [3.63, 3.8) is 0 Å². The number of aromatic nitrogens is 4. The molecule has 1 aliphatic heterocycles. The third-order valence-electron chi connectivity index (χ3n) is 6.22. The lowest BCUT2D eigenvalue weighted by molar-refractivity contribution is -0.0354. The van der Waals surface area contributed by atoms with E-state index in [9.17, 15) is 24.2 Å². The lowest BCUT2D eigenvalue weighted by Gasteiger charge is -2.18. The molecule has 198 valence electrons. The minimum absolute atomic E-state index is 0.0963. The van der Waals surface area contributed by atoms with Gasteiger partial charge in [0.1, 0.15) is 18.1 Å². The maximum atomic E-state index is 12.2. The molecule has 6 N–H and O–H groups in total. The molecule has 13 nitrogen and oxygen atoms in total. The number of nitrogens with one attached hydrogen (secondary N) is 1. The Hall–Kier alpha value is -2.18. The van der Waals surface area contributed by atoms with Gasteiger partial charge in [0.2, 0.25) is 12.7 Å². The Labute approximate surface area is 215 Å². The molecule has 1 aliphatic carbocycles. The van der Waals surface area contributed by atoms with Gasteiger partial charge in [-0.1, -0.05) is 18.2 Å². The summed E-state index contributed by atoms with van der Waals surface area (Å²) in [7, 11) is -8.90. The summed E-state index contributed by atoms with van der Waals surface area (Å²) in [6.45, 7) is 0. The van der Waals surface area contributed by atoms with E-state index in [1.807, 2.05) is 24.3 Å². The summed E-state index contributed by atoms with van der Waals surface area (Å²) in [5, 5.41) is 24.2. The van der Waals surface area contributed by atoms with Crippen molar-refractivity contribution in [3.8, 4) is 0 Å². The van der Waals surface area contributed by atoms with E-state index < -0.39 is 51.6 Å². The summed E-state index contributed by atoms with van der Waals surface area (Å²) in [5.41, 5.74) is 3.60. The lowest BCUT2D eigenvalue weighted by Crippen LogP contribution is -2.32. The monoisotopic (exact) mass is 571 g/mol. The number of ether oxygens (including phenoxy) is 1. The Balaban J connectivity index is 1.37. The zero-order chi connectivity index (χ0) is 26.5. The van der Waals surface area contributed by atoms with Gasteiger partial charge in [-0.2, -0.15) is 9.97 Å². The summed E-state index contributed by atoms with van der Waals surface area (Å²) in [4.78, 5) is 40.7. The van der Waals surface area contributed by atoms with Gasteiger partial charge in [-0.3, -0.25) is 13.7 Å². The maximum absolute atomic E-state index is 12.2. The Morgan fingerprint density at radius 3 is 2.70 bits per heavy atom. The van der Waals surface area contributed by atoms with E-state index in [4.69, 9.17) is 26.1 Å². The van der Waals surface area contributed by atoms with Crippen LogP contribution in [0, 0.1) is 0 Å². The average molecular weight is 572 g/mol. The SMILES string of the molecule is O=P(O)(O)CP(=O)(O)CC[C@H]1O[C@@H](n2cnc3c(Nc4ccc5c(c4)C=CC5)nc(Cl)nc32)C(O)[C@H]1O. The van der Waals surface area contributed by atoms with Crippen LogP contribution in [0.15, 0.2) is 30.6 Å². The molecule has 0 saturated carbocycles.